The third-order valence-electron chi connectivity index (χ3n) is 9.78. The van der Waals surface area contributed by atoms with Crippen LogP contribution in [0.5, 0.6) is 11.5 Å². The predicted molar refractivity (Wildman–Crippen MR) is 190 cm³/mol. The molecule has 0 aromatic heterocycles. The molecule has 1 aliphatic rings. The first-order chi connectivity index (χ1) is 23.2. The number of ketones is 1. The van der Waals surface area contributed by atoms with Crippen molar-refractivity contribution in [3.63, 3.8) is 0 Å². The first-order valence-corrected chi connectivity index (χ1v) is 16.1. The summed E-state index contributed by atoms with van der Waals surface area (Å²) in [5, 5.41) is 0. The molecule has 6 aromatic rings. The van der Waals surface area contributed by atoms with Gasteiger partial charge in [-0.3, -0.25) is 4.79 Å². The minimum atomic E-state index is -0.746. The first kappa shape index (κ1) is 30.9. The molecule has 0 atom stereocenters. The largest absolute Gasteiger partial charge is 0.497 e. The van der Waals surface area contributed by atoms with Crippen molar-refractivity contribution >= 4 is 11.8 Å². The SMILES string of the molecule is COc1ccc(C(C)(C)c2ccc(OC(=O)c3cccc(C4(c5cccc(C(C)=O)c5)c5ccccc5-c5ccccc54)c3)cc2)cc1. The lowest BCUT2D eigenvalue weighted by atomic mass is 9.67. The van der Waals surface area contributed by atoms with Gasteiger partial charge in [0.2, 0.25) is 0 Å². The molecule has 0 saturated carbocycles. The van der Waals surface area contributed by atoms with E-state index >= 15 is 0 Å². The van der Waals surface area contributed by atoms with Crippen LogP contribution >= 0.6 is 0 Å². The van der Waals surface area contributed by atoms with Gasteiger partial charge in [0.15, 0.2) is 5.78 Å². The second-order valence-electron chi connectivity index (χ2n) is 12.8. The van der Waals surface area contributed by atoms with Crippen LogP contribution in [0, 0.1) is 0 Å². The van der Waals surface area contributed by atoms with Crippen LogP contribution < -0.4 is 9.47 Å². The van der Waals surface area contributed by atoms with Crippen molar-refractivity contribution in [1.29, 1.82) is 0 Å². The van der Waals surface area contributed by atoms with E-state index in [2.05, 4.69) is 74.5 Å². The summed E-state index contributed by atoms with van der Waals surface area (Å²) in [4.78, 5) is 26.3. The standard InChI is InChI=1S/C44H36O4/c1-29(45)30-11-9-13-34(27-30)44(40-17-7-5-15-38(40)39-16-6-8-18-41(39)44)35-14-10-12-31(28-35)42(46)48-37-25-21-33(22-26-37)43(2,3)32-19-23-36(47-4)24-20-32/h5-28H,1-4H3. The summed E-state index contributed by atoms with van der Waals surface area (Å²) in [6, 6.07) is 48.1. The highest BCUT2D eigenvalue weighted by molar-refractivity contribution is 5.95. The van der Waals surface area contributed by atoms with E-state index in [0.29, 0.717) is 16.9 Å². The lowest BCUT2D eigenvalue weighted by molar-refractivity contribution is 0.0734. The Morgan fingerprint density at radius 2 is 1.04 bits per heavy atom. The third-order valence-corrected chi connectivity index (χ3v) is 9.78. The zero-order chi connectivity index (χ0) is 33.5. The van der Waals surface area contributed by atoms with Crippen LogP contribution in [0.2, 0.25) is 0 Å². The maximum Gasteiger partial charge on any atom is 0.343 e. The minimum absolute atomic E-state index is 0.00213. The number of hydrogen-bond acceptors (Lipinski definition) is 4. The number of ether oxygens (including phenoxy) is 2. The van der Waals surface area contributed by atoms with Crippen molar-refractivity contribution < 1.29 is 19.1 Å². The fraction of sp³-hybridized carbons (Fsp3) is 0.136. The summed E-state index contributed by atoms with van der Waals surface area (Å²) in [6.07, 6.45) is 0. The van der Waals surface area contributed by atoms with Gasteiger partial charge in [0.25, 0.3) is 0 Å². The van der Waals surface area contributed by atoms with Crippen molar-refractivity contribution in [2.45, 2.75) is 31.6 Å². The predicted octanol–water partition coefficient (Wildman–Crippen LogP) is 9.81. The van der Waals surface area contributed by atoms with E-state index in [9.17, 15) is 9.59 Å². The highest BCUT2D eigenvalue weighted by Gasteiger charge is 2.46. The second-order valence-corrected chi connectivity index (χ2v) is 12.8. The maximum atomic E-state index is 13.7. The van der Waals surface area contributed by atoms with Crippen molar-refractivity contribution in [1.82, 2.24) is 0 Å². The van der Waals surface area contributed by atoms with Crippen LogP contribution in [0.4, 0.5) is 0 Å². The normalized spacial score (nSPS) is 12.9. The van der Waals surface area contributed by atoms with Crippen molar-refractivity contribution in [3.8, 4) is 22.6 Å². The monoisotopic (exact) mass is 628 g/mol. The van der Waals surface area contributed by atoms with E-state index in [4.69, 9.17) is 9.47 Å². The van der Waals surface area contributed by atoms with Gasteiger partial charge in [-0.15, -0.1) is 0 Å². The van der Waals surface area contributed by atoms with E-state index in [0.717, 1.165) is 50.3 Å². The number of methoxy groups -OCH3 is 1. The highest BCUT2D eigenvalue weighted by Crippen LogP contribution is 2.56. The molecular weight excluding hydrogens is 592 g/mol. The quantitative estimate of drug-likeness (QED) is 0.0955. The Morgan fingerprint density at radius 3 is 1.56 bits per heavy atom. The minimum Gasteiger partial charge on any atom is -0.497 e. The van der Waals surface area contributed by atoms with Crippen molar-refractivity contribution in [2.75, 3.05) is 7.11 Å². The molecule has 0 saturated heterocycles. The van der Waals surface area contributed by atoms with E-state index in [1.165, 1.54) is 0 Å². The number of carbonyl (C=O) groups is 2. The Balaban J connectivity index is 1.26. The molecule has 0 unspecified atom stereocenters. The number of Topliss-reactive ketones (excluding diaryl/α,β-unsaturated/α-hetero) is 1. The summed E-state index contributed by atoms with van der Waals surface area (Å²) in [7, 11) is 1.66. The molecule has 7 rings (SSSR count). The molecule has 0 amide bonds. The van der Waals surface area contributed by atoms with Gasteiger partial charge >= 0.3 is 5.97 Å². The Kier molecular flexibility index (Phi) is 7.80. The van der Waals surface area contributed by atoms with Gasteiger partial charge in [-0.05, 0) is 93.9 Å². The fourth-order valence-corrected chi connectivity index (χ4v) is 7.15. The van der Waals surface area contributed by atoms with Crippen molar-refractivity contribution in [2.24, 2.45) is 0 Å². The first-order valence-electron chi connectivity index (χ1n) is 16.1. The summed E-state index contributed by atoms with van der Waals surface area (Å²) in [5.41, 5.74) is 8.69. The third kappa shape index (κ3) is 5.10. The molecule has 48 heavy (non-hydrogen) atoms. The molecule has 0 fully saturated rings. The van der Waals surface area contributed by atoms with Gasteiger partial charge in [0.1, 0.15) is 11.5 Å². The zero-order valence-corrected chi connectivity index (χ0v) is 27.5. The Bertz CT molecular complexity index is 2110. The second kappa shape index (κ2) is 12.1. The van der Waals surface area contributed by atoms with Crippen LogP contribution in [0.1, 0.15) is 74.9 Å². The molecule has 0 bridgehead atoms. The molecule has 0 N–H and O–H groups in total. The smallest absolute Gasteiger partial charge is 0.343 e. The van der Waals surface area contributed by atoms with Crippen LogP contribution in [0.3, 0.4) is 0 Å². The average molecular weight is 629 g/mol. The lowest BCUT2D eigenvalue weighted by Crippen LogP contribution is -2.29. The molecular formula is C44H36O4. The van der Waals surface area contributed by atoms with Gasteiger partial charge < -0.3 is 9.47 Å². The van der Waals surface area contributed by atoms with Crippen LogP contribution in [-0.2, 0) is 10.8 Å². The number of rotatable bonds is 8. The van der Waals surface area contributed by atoms with E-state index in [1.54, 1.807) is 20.1 Å². The number of esters is 1. The molecule has 236 valence electrons. The molecule has 6 aromatic carbocycles. The van der Waals surface area contributed by atoms with Gasteiger partial charge in [-0.25, -0.2) is 4.79 Å². The van der Waals surface area contributed by atoms with E-state index in [1.807, 2.05) is 78.9 Å². The molecule has 0 heterocycles. The average Bonchev–Trinajstić information content (AvgIpc) is 3.43. The zero-order valence-electron chi connectivity index (χ0n) is 27.5. The van der Waals surface area contributed by atoms with Gasteiger partial charge in [0, 0.05) is 11.0 Å². The molecule has 4 heteroatoms. The Labute approximate surface area is 281 Å². The van der Waals surface area contributed by atoms with Crippen LogP contribution in [0.15, 0.2) is 146 Å². The van der Waals surface area contributed by atoms with Gasteiger partial charge in [-0.2, -0.15) is 0 Å². The van der Waals surface area contributed by atoms with Gasteiger partial charge in [0.05, 0.1) is 18.1 Å². The van der Waals surface area contributed by atoms with E-state index < -0.39 is 11.4 Å². The van der Waals surface area contributed by atoms with Gasteiger partial charge in [-0.1, -0.05) is 117 Å². The molecule has 0 radical (unpaired) electrons. The summed E-state index contributed by atoms with van der Waals surface area (Å²) in [5.74, 6) is 0.853. The lowest BCUT2D eigenvalue weighted by Gasteiger charge is -2.34. The summed E-state index contributed by atoms with van der Waals surface area (Å²) >= 11 is 0. The Morgan fingerprint density at radius 1 is 0.562 bits per heavy atom. The molecule has 1 aliphatic carbocycles. The topological polar surface area (TPSA) is 52.6 Å². The number of carbonyl (C=O) groups excluding carboxylic acids is 2. The van der Waals surface area contributed by atoms with Crippen LogP contribution in [-0.4, -0.2) is 18.9 Å². The molecule has 4 nitrogen and oxygen atoms in total. The maximum absolute atomic E-state index is 13.7. The number of hydrogen-bond donors (Lipinski definition) is 0. The fourth-order valence-electron chi connectivity index (χ4n) is 7.15. The Hall–Kier alpha value is -5.74. The highest BCUT2D eigenvalue weighted by atomic mass is 16.5. The summed E-state index contributed by atoms with van der Waals surface area (Å²) < 4.78 is 11.3. The number of benzene rings is 6. The molecule has 0 aliphatic heterocycles. The van der Waals surface area contributed by atoms with E-state index in [-0.39, 0.29) is 11.2 Å². The molecule has 0 spiro atoms. The van der Waals surface area contributed by atoms with Crippen molar-refractivity contribution in [3.05, 3.63) is 190 Å². The van der Waals surface area contributed by atoms with Crippen LogP contribution in [0.25, 0.3) is 11.1 Å². The number of fused-ring (bicyclic) bond motifs is 3. The summed E-state index contributed by atoms with van der Waals surface area (Å²) in [6.45, 7) is 5.93.